The van der Waals surface area contributed by atoms with Crippen LogP contribution in [0.5, 0.6) is 5.75 Å². The Bertz CT molecular complexity index is 785. The van der Waals surface area contributed by atoms with Crippen LogP contribution in [0, 0.1) is 0 Å². The van der Waals surface area contributed by atoms with Gasteiger partial charge in [-0.1, -0.05) is 5.16 Å². The van der Waals surface area contributed by atoms with Gasteiger partial charge in [0.1, 0.15) is 5.75 Å². The van der Waals surface area contributed by atoms with Gasteiger partial charge in [0.2, 0.25) is 9.84 Å². The van der Waals surface area contributed by atoms with Crippen LogP contribution in [0.3, 0.4) is 0 Å². The molecule has 0 amide bonds. The number of nitrogens with zero attached hydrogens (tertiary/aromatic N) is 1. The van der Waals surface area contributed by atoms with Gasteiger partial charge in [0, 0.05) is 11.8 Å². The minimum atomic E-state index is -4.91. The number of hydrogen-bond donors (Lipinski definition) is 0. The summed E-state index contributed by atoms with van der Waals surface area (Å²) in [6.45, 7) is 1.21. The smallest absolute Gasteiger partial charge is 0.390 e. The summed E-state index contributed by atoms with van der Waals surface area (Å²) < 4.78 is 82.4. The molecule has 11 heteroatoms. The molecule has 0 saturated carbocycles. The molecule has 0 spiro atoms. The van der Waals surface area contributed by atoms with E-state index >= 15 is 0 Å². The number of halogens is 2. The molecule has 1 aromatic rings. The Morgan fingerprint density at radius 3 is 2.09 bits per heavy atom. The van der Waals surface area contributed by atoms with Gasteiger partial charge in [-0.25, -0.2) is 8.42 Å². The molecule has 23 heavy (non-hydrogen) atoms. The highest BCUT2D eigenvalue weighted by molar-refractivity contribution is 7.92. The molecular weight excluding hydrogens is 356 g/mol. The van der Waals surface area contributed by atoms with Crippen LogP contribution in [-0.4, -0.2) is 46.9 Å². The van der Waals surface area contributed by atoms with Crippen molar-refractivity contribution in [2.75, 3.05) is 19.1 Å². The Morgan fingerprint density at radius 1 is 1.17 bits per heavy atom. The summed E-state index contributed by atoms with van der Waals surface area (Å²) in [5.74, 6) is -0.186. The Labute approximate surface area is 132 Å². The normalized spacial score (nSPS) is 13.7. The number of sulfone groups is 1. The fourth-order valence-electron chi connectivity index (χ4n) is 1.35. The van der Waals surface area contributed by atoms with Crippen LogP contribution >= 0.6 is 0 Å². The van der Waals surface area contributed by atoms with Gasteiger partial charge < -0.3 is 4.74 Å². The largest absolute Gasteiger partial charge is 0.497 e. The Kier molecular flexibility index (Phi) is 5.69. The molecule has 0 bridgehead atoms. The molecule has 130 valence electrons. The van der Waals surface area contributed by atoms with Crippen LogP contribution in [0.25, 0.3) is 0 Å². The van der Waals surface area contributed by atoms with E-state index in [0.29, 0.717) is 12.0 Å². The molecule has 0 radical (unpaired) electrons. The molecule has 0 aromatic heterocycles. The Hall–Kier alpha value is -1.75. The number of ether oxygens (including phenoxy) is 1. The topological polar surface area (TPSA) is 99.1 Å². The quantitative estimate of drug-likeness (QED) is 0.531. The van der Waals surface area contributed by atoms with Crippen molar-refractivity contribution >= 4 is 25.7 Å². The maximum Gasteiger partial charge on any atom is 0.390 e. The molecule has 1 aromatic carbocycles. The predicted octanol–water partition coefficient (Wildman–Crippen LogP) is 1.40. The lowest BCUT2D eigenvalue weighted by Gasteiger charge is -2.16. The summed E-state index contributed by atoms with van der Waals surface area (Å²) in [5.41, 5.74) is -1.66. The second-order valence-electron chi connectivity index (χ2n) is 4.38. The van der Waals surface area contributed by atoms with E-state index in [4.69, 9.17) is 4.74 Å². The summed E-state index contributed by atoms with van der Waals surface area (Å²) in [7, 11) is -7.74. The average Bonchev–Trinajstić information content (AvgIpc) is 2.46. The first-order chi connectivity index (χ1) is 10.4. The Balaban J connectivity index is 3.45. The van der Waals surface area contributed by atoms with Crippen molar-refractivity contribution in [3.8, 4) is 5.75 Å². The molecule has 0 heterocycles. The lowest BCUT2D eigenvalue weighted by Crippen LogP contribution is -2.38. The van der Waals surface area contributed by atoms with E-state index in [1.807, 2.05) is 0 Å². The lowest BCUT2D eigenvalue weighted by atomic mass is 10.1. The molecule has 0 fully saturated rings. The molecule has 0 aliphatic rings. The second-order valence-corrected chi connectivity index (χ2v) is 8.28. The molecular formula is C12H15F2NO6S2. The van der Waals surface area contributed by atoms with Crippen molar-refractivity contribution in [1.29, 1.82) is 0 Å². The van der Waals surface area contributed by atoms with Gasteiger partial charge in [0.25, 0.3) is 0 Å². The van der Waals surface area contributed by atoms with Crippen LogP contribution in [-0.2, 0) is 24.2 Å². The monoisotopic (exact) mass is 371 g/mol. The third kappa shape index (κ3) is 4.61. The highest BCUT2D eigenvalue weighted by atomic mass is 32.2. The molecule has 0 saturated heterocycles. The predicted molar refractivity (Wildman–Crippen MR) is 79.9 cm³/mol. The molecule has 0 aliphatic heterocycles. The standard InChI is InChI=1S/C12H15F2NO6S2/c1-4-23(18,19)21-15-11(12(13,14)22(3,16)17)9-5-7-10(20-2)8-6-9/h5-8H,4H2,1-3H3. The number of alkyl halides is 2. The third-order valence-corrected chi connectivity index (χ3v) is 4.83. The van der Waals surface area contributed by atoms with Crippen LogP contribution in [0.15, 0.2) is 29.4 Å². The van der Waals surface area contributed by atoms with Gasteiger partial charge in [-0.2, -0.15) is 17.2 Å². The Morgan fingerprint density at radius 2 is 1.70 bits per heavy atom. The van der Waals surface area contributed by atoms with E-state index in [1.165, 1.54) is 26.2 Å². The van der Waals surface area contributed by atoms with Crippen molar-refractivity contribution in [3.63, 3.8) is 0 Å². The van der Waals surface area contributed by atoms with Crippen LogP contribution < -0.4 is 4.74 Å². The first-order valence-electron chi connectivity index (χ1n) is 6.16. The fraction of sp³-hybridized carbons (Fsp3) is 0.417. The van der Waals surface area contributed by atoms with Gasteiger partial charge >= 0.3 is 15.4 Å². The lowest BCUT2D eigenvalue weighted by molar-refractivity contribution is 0.165. The maximum atomic E-state index is 14.1. The number of benzene rings is 1. The van der Waals surface area contributed by atoms with Gasteiger partial charge in [-0.15, -0.1) is 0 Å². The minimum absolute atomic E-state index is 0.306. The zero-order valence-corrected chi connectivity index (χ0v) is 14.1. The zero-order valence-electron chi connectivity index (χ0n) is 12.5. The van der Waals surface area contributed by atoms with Crippen molar-refractivity contribution < 1.29 is 34.6 Å². The number of methoxy groups -OCH3 is 1. The minimum Gasteiger partial charge on any atom is -0.497 e. The SMILES string of the molecule is CCS(=O)(=O)ON=C(c1ccc(OC)cc1)C(F)(F)S(C)(=O)=O. The van der Waals surface area contributed by atoms with E-state index in [9.17, 15) is 25.6 Å². The van der Waals surface area contributed by atoms with E-state index in [0.717, 1.165) is 12.1 Å². The van der Waals surface area contributed by atoms with Gasteiger partial charge in [0.15, 0.2) is 5.71 Å². The highest BCUT2D eigenvalue weighted by Gasteiger charge is 2.48. The zero-order chi connectivity index (χ0) is 17.9. The van der Waals surface area contributed by atoms with Crippen molar-refractivity contribution in [2.45, 2.75) is 12.2 Å². The van der Waals surface area contributed by atoms with Crippen molar-refractivity contribution in [1.82, 2.24) is 0 Å². The van der Waals surface area contributed by atoms with E-state index in [-0.39, 0.29) is 5.56 Å². The van der Waals surface area contributed by atoms with Crippen LogP contribution in [0.1, 0.15) is 12.5 Å². The first kappa shape index (κ1) is 19.3. The summed E-state index contributed by atoms with van der Waals surface area (Å²) in [4.78, 5) is 0. The number of hydrogen-bond acceptors (Lipinski definition) is 7. The molecule has 7 nitrogen and oxygen atoms in total. The second kappa shape index (κ2) is 6.79. The van der Waals surface area contributed by atoms with Gasteiger partial charge in [-0.3, -0.25) is 4.28 Å². The maximum absolute atomic E-state index is 14.1. The average molecular weight is 371 g/mol. The molecule has 0 unspecified atom stereocenters. The summed E-state index contributed by atoms with van der Waals surface area (Å²) >= 11 is 0. The number of rotatable bonds is 7. The number of oxime groups is 1. The van der Waals surface area contributed by atoms with Crippen LogP contribution in [0.4, 0.5) is 8.78 Å². The van der Waals surface area contributed by atoms with Gasteiger partial charge in [0.05, 0.1) is 12.9 Å². The van der Waals surface area contributed by atoms with Gasteiger partial charge in [-0.05, 0) is 31.2 Å². The van der Waals surface area contributed by atoms with Crippen LogP contribution in [0.2, 0.25) is 0 Å². The highest BCUT2D eigenvalue weighted by Crippen LogP contribution is 2.28. The van der Waals surface area contributed by atoms with Crippen molar-refractivity contribution in [3.05, 3.63) is 29.8 Å². The third-order valence-electron chi connectivity index (χ3n) is 2.70. The van der Waals surface area contributed by atoms with E-state index in [1.54, 1.807) is 0 Å². The van der Waals surface area contributed by atoms with E-state index < -0.39 is 36.7 Å². The first-order valence-corrected chi connectivity index (χ1v) is 9.63. The summed E-state index contributed by atoms with van der Waals surface area (Å²) in [6, 6.07) is 4.80. The molecule has 0 N–H and O–H groups in total. The fourth-order valence-corrected chi connectivity index (χ4v) is 2.14. The summed E-state index contributed by atoms with van der Waals surface area (Å²) in [6.07, 6.45) is 0.306. The summed E-state index contributed by atoms with van der Waals surface area (Å²) in [5, 5.41) is -1.55. The van der Waals surface area contributed by atoms with E-state index in [2.05, 4.69) is 9.44 Å². The van der Waals surface area contributed by atoms with Crippen molar-refractivity contribution in [2.24, 2.45) is 5.16 Å². The molecule has 0 atom stereocenters. The molecule has 0 aliphatic carbocycles. The molecule has 1 rings (SSSR count).